The van der Waals surface area contributed by atoms with Crippen molar-refractivity contribution < 1.29 is 9.59 Å². The van der Waals surface area contributed by atoms with E-state index >= 15 is 0 Å². The van der Waals surface area contributed by atoms with Crippen LogP contribution >= 0.6 is 0 Å². The molecule has 0 aliphatic heterocycles. The Kier molecular flexibility index (Phi) is 7.55. The van der Waals surface area contributed by atoms with Gasteiger partial charge in [0.05, 0.1) is 12.8 Å². The molecule has 142 valence electrons. The minimum atomic E-state index is -0.382. The Labute approximate surface area is 160 Å². The number of aryl methyl sites for hydroxylation is 1. The van der Waals surface area contributed by atoms with Gasteiger partial charge < -0.3 is 10.2 Å². The van der Waals surface area contributed by atoms with Crippen LogP contribution in [0.2, 0.25) is 0 Å². The maximum Gasteiger partial charge on any atom is 0.259 e. The van der Waals surface area contributed by atoms with Gasteiger partial charge in [-0.05, 0) is 50.6 Å². The van der Waals surface area contributed by atoms with Gasteiger partial charge in [0.25, 0.3) is 11.8 Å². The van der Waals surface area contributed by atoms with Crippen LogP contribution in [0.1, 0.15) is 35.3 Å². The molecule has 0 saturated heterocycles. The first kappa shape index (κ1) is 20.2. The molecule has 0 bridgehead atoms. The van der Waals surface area contributed by atoms with Gasteiger partial charge in [-0.1, -0.05) is 29.8 Å². The highest BCUT2D eigenvalue weighted by molar-refractivity contribution is 5.96. The number of hydrazone groups is 1. The van der Waals surface area contributed by atoms with E-state index in [0.717, 1.165) is 29.9 Å². The number of hydrogen-bond acceptors (Lipinski definition) is 4. The molecule has 2 aromatic rings. The van der Waals surface area contributed by atoms with Crippen LogP contribution in [0.4, 0.5) is 5.69 Å². The molecule has 0 aliphatic carbocycles. The van der Waals surface area contributed by atoms with Crippen LogP contribution in [0, 0.1) is 6.92 Å². The third-order valence-corrected chi connectivity index (χ3v) is 4.11. The lowest BCUT2D eigenvalue weighted by molar-refractivity contribution is -0.120. The van der Waals surface area contributed by atoms with Crippen molar-refractivity contribution in [1.82, 2.24) is 10.7 Å². The fourth-order valence-electron chi connectivity index (χ4n) is 2.63. The molecule has 0 atom stereocenters. The largest absolute Gasteiger partial charge is 0.372 e. The number of carbonyl (C=O) groups is 2. The number of carbonyl (C=O) groups excluding carboxylic acids is 2. The zero-order valence-electron chi connectivity index (χ0n) is 16.0. The molecular formula is C21H26N4O2. The Balaban J connectivity index is 1.80. The first-order chi connectivity index (χ1) is 13.0. The summed E-state index contributed by atoms with van der Waals surface area (Å²) in [6, 6.07) is 15.1. The van der Waals surface area contributed by atoms with Crippen molar-refractivity contribution in [1.29, 1.82) is 0 Å². The van der Waals surface area contributed by atoms with Gasteiger partial charge in [0.2, 0.25) is 0 Å². The van der Waals surface area contributed by atoms with Gasteiger partial charge in [-0.25, -0.2) is 5.43 Å². The minimum Gasteiger partial charge on any atom is -0.372 e. The molecule has 2 N–H and O–H groups in total. The van der Waals surface area contributed by atoms with Gasteiger partial charge in [0, 0.05) is 24.3 Å². The maximum absolute atomic E-state index is 12.0. The van der Waals surface area contributed by atoms with E-state index in [1.807, 2.05) is 37.3 Å². The van der Waals surface area contributed by atoms with Crippen LogP contribution in [-0.2, 0) is 4.79 Å². The predicted molar refractivity (Wildman–Crippen MR) is 109 cm³/mol. The summed E-state index contributed by atoms with van der Waals surface area (Å²) in [4.78, 5) is 26.1. The molecule has 0 aromatic heterocycles. The predicted octanol–water partition coefficient (Wildman–Crippen LogP) is 2.72. The van der Waals surface area contributed by atoms with E-state index in [4.69, 9.17) is 0 Å². The van der Waals surface area contributed by atoms with Crippen LogP contribution in [0.5, 0.6) is 0 Å². The third-order valence-electron chi connectivity index (χ3n) is 4.11. The van der Waals surface area contributed by atoms with E-state index < -0.39 is 0 Å². The van der Waals surface area contributed by atoms with Crippen LogP contribution in [0.3, 0.4) is 0 Å². The average molecular weight is 366 g/mol. The van der Waals surface area contributed by atoms with Crippen molar-refractivity contribution in [2.24, 2.45) is 5.10 Å². The summed E-state index contributed by atoms with van der Waals surface area (Å²) >= 11 is 0. The molecule has 6 heteroatoms. The smallest absolute Gasteiger partial charge is 0.259 e. The summed E-state index contributed by atoms with van der Waals surface area (Å²) in [6.45, 7) is 7.92. The van der Waals surface area contributed by atoms with Gasteiger partial charge in [0.1, 0.15) is 0 Å². The minimum absolute atomic E-state index is 0.134. The lowest BCUT2D eigenvalue weighted by Gasteiger charge is -2.20. The van der Waals surface area contributed by atoms with Crippen molar-refractivity contribution in [3.63, 3.8) is 0 Å². The quantitative estimate of drug-likeness (QED) is 0.557. The maximum atomic E-state index is 12.0. The second-order valence-electron chi connectivity index (χ2n) is 6.11. The standard InChI is InChI=1S/C21H26N4O2/c1-4-25(5-2)19-11-9-17(10-12-19)14-23-24-20(26)15-22-21(27)18-8-6-7-16(3)13-18/h6-14H,4-5,15H2,1-3H3,(H,22,27)(H,24,26)/b23-14-. The molecule has 0 unspecified atom stereocenters. The Hall–Kier alpha value is -3.15. The summed E-state index contributed by atoms with van der Waals surface area (Å²) < 4.78 is 0. The van der Waals surface area contributed by atoms with E-state index in [-0.39, 0.29) is 18.4 Å². The van der Waals surface area contributed by atoms with Crippen molar-refractivity contribution in [2.45, 2.75) is 20.8 Å². The number of nitrogens with zero attached hydrogens (tertiary/aromatic N) is 2. The average Bonchev–Trinajstić information content (AvgIpc) is 2.68. The molecule has 0 radical (unpaired) electrons. The van der Waals surface area contributed by atoms with Crippen LogP contribution < -0.4 is 15.6 Å². The second-order valence-corrected chi connectivity index (χ2v) is 6.11. The Morgan fingerprint density at radius 3 is 2.41 bits per heavy atom. The van der Waals surface area contributed by atoms with Gasteiger partial charge in [0.15, 0.2) is 0 Å². The van der Waals surface area contributed by atoms with Crippen LogP contribution in [-0.4, -0.2) is 37.7 Å². The van der Waals surface area contributed by atoms with Gasteiger partial charge in [-0.2, -0.15) is 5.10 Å². The number of anilines is 1. The zero-order chi connectivity index (χ0) is 19.6. The normalized spacial score (nSPS) is 10.6. The summed E-state index contributed by atoms with van der Waals surface area (Å²) in [5.41, 5.74) is 5.97. The number of benzene rings is 2. The van der Waals surface area contributed by atoms with Gasteiger partial charge in [-0.15, -0.1) is 0 Å². The van der Waals surface area contributed by atoms with Crippen molar-refractivity contribution >= 4 is 23.7 Å². The van der Waals surface area contributed by atoms with Crippen LogP contribution in [0.25, 0.3) is 0 Å². The number of hydrogen-bond donors (Lipinski definition) is 2. The van der Waals surface area contributed by atoms with E-state index in [0.29, 0.717) is 5.56 Å². The number of rotatable bonds is 8. The molecular weight excluding hydrogens is 340 g/mol. The van der Waals surface area contributed by atoms with Gasteiger partial charge >= 0.3 is 0 Å². The molecule has 0 aliphatic rings. The SMILES string of the molecule is CCN(CC)c1ccc(/C=N\NC(=O)CNC(=O)c2cccc(C)c2)cc1. The summed E-state index contributed by atoms with van der Waals surface area (Å²) in [5.74, 6) is -0.670. The lowest BCUT2D eigenvalue weighted by Crippen LogP contribution is -2.34. The number of amides is 2. The first-order valence-corrected chi connectivity index (χ1v) is 9.05. The monoisotopic (exact) mass is 366 g/mol. The zero-order valence-corrected chi connectivity index (χ0v) is 16.0. The number of nitrogens with one attached hydrogen (secondary N) is 2. The van der Waals surface area contributed by atoms with E-state index in [2.05, 4.69) is 34.6 Å². The molecule has 0 fully saturated rings. The van der Waals surface area contributed by atoms with Crippen LogP contribution in [0.15, 0.2) is 53.6 Å². The van der Waals surface area contributed by atoms with E-state index in [9.17, 15) is 9.59 Å². The highest BCUT2D eigenvalue weighted by Gasteiger charge is 2.07. The van der Waals surface area contributed by atoms with E-state index in [1.54, 1.807) is 24.4 Å². The Morgan fingerprint density at radius 2 is 1.78 bits per heavy atom. The fourth-order valence-corrected chi connectivity index (χ4v) is 2.63. The molecule has 2 aromatic carbocycles. The summed E-state index contributed by atoms with van der Waals surface area (Å²) in [7, 11) is 0. The van der Waals surface area contributed by atoms with Crippen molar-refractivity contribution in [3.05, 3.63) is 65.2 Å². The summed E-state index contributed by atoms with van der Waals surface area (Å²) in [6.07, 6.45) is 1.58. The lowest BCUT2D eigenvalue weighted by atomic mass is 10.1. The Morgan fingerprint density at radius 1 is 1.07 bits per heavy atom. The molecule has 0 saturated carbocycles. The first-order valence-electron chi connectivity index (χ1n) is 9.05. The molecule has 27 heavy (non-hydrogen) atoms. The van der Waals surface area contributed by atoms with E-state index in [1.165, 1.54) is 0 Å². The Bertz CT molecular complexity index is 796. The molecule has 2 amide bonds. The fraction of sp³-hybridized carbons (Fsp3) is 0.286. The highest BCUT2D eigenvalue weighted by Crippen LogP contribution is 2.13. The molecule has 6 nitrogen and oxygen atoms in total. The van der Waals surface area contributed by atoms with Crippen molar-refractivity contribution in [3.8, 4) is 0 Å². The summed E-state index contributed by atoms with van der Waals surface area (Å²) in [5, 5.41) is 6.51. The molecule has 0 heterocycles. The molecule has 2 rings (SSSR count). The van der Waals surface area contributed by atoms with Gasteiger partial charge in [-0.3, -0.25) is 9.59 Å². The third kappa shape index (κ3) is 6.26. The molecule has 0 spiro atoms. The topological polar surface area (TPSA) is 73.8 Å². The highest BCUT2D eigenvalue weighted by atomic mass is 16.2. The second kappa shape index (κ2) is 10.1. The van der Waals surface area contributed by atoms with Crippen molar-refractivity contribution in [2.75, 3.05) is 24.5 Å².